The summed E-state index contributed by atoms with van der Waals surface area (Å²) in [7, 11) is 1.80. The zero-order valence-corrected chi connectivity index (χ0v) is 14.2. The van der Waals surface area contributed by atoms with Crippen molar-refractivity contribution in [3.05, 3.63) is 29.8 Å². The minimum Gasteiger partial charge on any atom is -0.492 e. The van der Waals surface area contributed by atoms with Crippen molar-refractivity contribution in [2.24, 2.45) is 0 Å². The molecule has 0 spiro atoms. The van der Waals surface area contributed by atoms with Crippen LogP contribution in [0.15, 0.2) is 24.3 Å². The lowest BCUT2D eigenvalue weighted by Crippen LogP contribution is -2.56. The van der Waals surface area contributed by atoms with Crippen LogP contribution in [0.3, 0.4) is 0 Å². The highest BCUT2D eigenvalue weighted by molar-refractivity contribution is 5.85. The lowest BCUT2D eigenvalue weighted by molar-refractivity contribution is -0.138. The molecule has 6 heteroatoms. The van der Waals surface area contributed by atoms with Crippen LogP contribution in [-0.4, -0.2) is 56.3 Å². The fourth-order valence-electron chi connectivity index (χ4n) is 2.36. The summed E-state index contributed by atoms with van der Waals surface area (Å²) in [5, 5.41) is 3.21. The number of halogens is 1. The molecule has 0 aliphatic carbocycles. The van der Waals surface area contributed by atoms with Crippen LogP contribution in [0.25, 0.3) is 0 Å². The number of hydrogen-bond acceptors (Lipinski definition) is 4. The Labute approximate surface area is 138 Å². The van der Waals surface area contributed by atoms with Gasteiger partial charge in [-0.2, -0.15) is 0 Å². The van der Waals surface area contributed by atoms with E-state index in [9.17, 15) is 4.79 Å². The Kier molecular flexibility index (Phi) is 7.65. The highest BCUT2D eigenvalue weighted by atomic mass is 35.5. The number of carbonyl (C=O) groups excluding carboxylic acids is 1. The van der Waals surface area contributed by atoms with Crippen molar-refractivity contribution in [1.29, 1.82) is 0 Å². The summed E-state index contributed by atoms with van der Waals surface area (Å²) in [5.41, 5.74) is 1.16. The van der Waals surface area contributed by atoms with Gasteiger partial charge in [-0.15, -0.1) is 12.4 Å². The zero-order valence-electron chi connectivity index (χ0n) is 13.4. The van der Waals surface area contributed by atoms with E-state index in [0.29, 0.717) is 26.3 Å². The minimum absolute atomic E-state index is 0. The standard InChI is InChI=1S/C16H24N2O3.ClH/c1-12-5-4-6-14(11-12)21-10-8-18(3)16(19)15-13(2)20-9-7-17-15;/h4-6,11,13,15,17H,7-10H2,1-3H3;1H/t13-,15+;/m1./s1. The third-order valence-electron chi connectivity index (χ3n) is 3.64. The van der Waals surface area contributed by atoms with Gasteiger partial charge in [0.25, 0.3) is 0 Å². The van der Waals surface area contributed by atoms with Crippen LogP contribution in [0.4, 0.5) is 0 Å². The molecule has 2 rings (SSSR count). The van der Waals surface area contributed by atoms with E-state index in [2.05, 4.69) is 5.32 Å². The lowest BCUT2D eigenvalue weighted by atomic mass is 10.1. The number of carbonyl (C=O) groups is 1. The SMILES string of the molecule is Cc1cccc(OCCN(C)C(=O)[C@H]2NCCO[C@@H]2C)c1.Cl. The van der Waals surface area contributed by atoms with Crippen LogP contribution in [-0.2, 0) is 9.53 Å². The summed E-state index contributed by atoms with van der Waals surface area (Å²) >= 11 is 0. The van der Waals surface area contributed by atoms with Gasteiger partial charge in [0.05, 0.1) is 19.3 Å². The molecule has 0 bridgehead atoms. The Bertz CT molecular complexity index is 484. The second-order valence-electron chi connectivity index (χ2n) is 5.43. The Morgan fingerprint density at radius 3 is 2.95 bits per heavy atom. The average Bonchev–Trinajstić information content (AvgIpc) is 2.47. The van der Waals surface area contributed by atoms with E-state index in [1.165, 1.54) is 0 Å². The van der Waals surface area contributed by atoms with E-state index in [0.717, 1.165) is 11.3 Å². The number of aryl methyl sites for hydroxylation is 1. The van der Waals surface area contributed by atoms with Gasteiger partial charge in [0, 0.05) is 13.6 Å². The Morgan fingerprint density at radius 2 is 2.27 bits per heavy atom. The number of amides is 1. The summed E-state index contributed by atoms with van der Waals surface area (Å²) in [4.78, 5) is 14.0. The van der Waals surface area contributed by atoms with Gasteiger partial charge >= 0.3 is 0 Å². The van der Waals surface area contributed by atoms with E-state index in [-0.39, 0.29) is 30.5 Å². The number of likely N-dealkylation sites (N-methyl/N-ethyl adjacent to an activating group) is 1. The number of hydrogen-bond donors (Lipinski definition) is 1. The smallest absolute Gasteiger partial charge is 0.242 e. The molecule has 1 N–H and O–H groups in total. The number of morpholine rings is 1. The van der Waals surface area contributed by atoms with Gasteiger partial charge in [0.1, 0.15) is 18.4 Å². The topological polar surface area (TPSA) is 50.8 Å². The maximum atomic E-state index is 12.3. The monoisotopic (exact) mass is 328 g/mol. The lowest BCUT2D eigenvalue weighted by Gasteiger charge is -2.32. The molecule has 1 aromatic rings. The normalized spacial score (nSPS) is 20.9. The van der Waals surface area contributed by atoms with Crippen molar-refractivity contribution < 1.29 is 14.3 Å². The Morgan fingerprint density at radius 1 is 1.50 bits per heavy atom. The van der Waals surface area contributed by atoms with E-state index in [1.54, 1.807) is 11.9 Å². The molecular formula is C16H25ClN2O3. The Balaban J connectivity index is 0.00000242. The summed E-state index contributed by atoms with van der Waals surface area (Å²) < 4.78 is 11.2. The summed E-state index contributed by atoms with van der Waals surface area (Å²) in [6, 6.07) is 7.64. The van der Waals surface area contributed by atoms with Crippen molar-refractivity contribution in [1.82, 2.24) is 10.2 Å². The third-order valence-corrected chi connectivity index (χ3v) is 3.64. The van der Waals surface area contributed by atoms with Crippen LogP contribution in [0.1, 0.15) is 12.5 Å². The van der Waals surface area contributed by atoms with Crippen molar-refractivity contribution in [3.8, 4) is 5.75 Å². The van der Waals surface area contributed by atoms with Crippen LogP contribution >= 0.6 is 12.4 Å². The molecule has 2 atom stereocenters. The van der Waals surface area contributed by atoms with E-state index in [1.807, 2.05) is 38.1 Å². The van der Waals surface area contributed by atoms with Crippen molar-refractivity contribution >= 4 is 18.3 Å². The molecule has 1 aromatic carbocycles. The molecule has 22 heavy (non-hydrogen) atoms. The molecule has 1 aliphatic heterocycles. The minimum atomic E-state index is -0.261. The predicted molar refractivity (Wildman–Crippen MR) is 88.8 cm³/mol. The van der Waals surface area contributed by atoms with Crippen LogP contribution in [0.5, 0.6) is 5.75 Å². The molecule has 1 fully saturated rings. The first-order valence-electron chi connectivity index (χ1n) is 7.37. The van der Waals surface area contributed by atoms with Crippen LogP contribution in [0.2, 0.25) is 0 Å². The number of ether oxygens (including phenoxy) is 2. The molecule has 0 radical (unpaired) electrons. The first kappa shape index (κ1) is 18.7. The zero-order chi connectivity index (χ0) is 15.2. The molecule has 0 unspecified atom stereocenters. The van der Waals surface area contributed by atoms with E-state index >= 15 is 0 Å². The predicted octanol–water partition coefficient (Wildman–Crippen LogP) is 1.63. The first-order valence-corrected chi connectivity index (χ1v) is 7.37. The molecule has 0 saturated carbocycles. The van der Waals surface area contributed by atoms with Gasteiger partial charge in [-0.25, -0.2) is 0 Å². The van der Waals surface area contributed by atoms with Gasteiger partial charge in [0.2, 0.25) is 5.91 Å². The van der Waals surface area contributed by atoms with Gasteiger partial charge in [-0.1, -0.05) is 12.1 Å². The Hall–Kier alpha value is -1.30. The number of nitrogens with zero attached hydrogens (tertiary/aromatic N) is 1. The van der Waals surface area contributed by atoms with Crippen molar-refractivity contribution in [2.45, 2.75) is 26.0 Å². The molecule has 1 saturated heterocycles. The summed E-state index contributed by atoms with van der Waals surface area (Å²) in [5.74, 6) is 0.887. The third kappa shape index (κ3) is 5.16. The fourth-order valence-corrected chi connectivity index (χ4v) is 2.36. The highest BCUT2D eigenvalue weighted by Gasteiger charge is 2.30. The number of benzene rings is 1. The van der Waals surface area contributed by atoms with Crippen LogP contribution < -0.4 is 10.1 Å². The first-order chi connectivity index (χ1) is 10.1. The molecular weight excluding hydrogens is 304 g/mol. The number of nitrogens with one attached hydrogen (secondary N) is 1. The maximum Gasteiger partial charge on any atom is 0.242 e. The second-order valence-corrected chi connectivity index (χ2v) is 5.43. The largest absolute Gasteiger partial charge is 0.492 e. The fraction of sp³-hybridized carbons (Fsp3) is 0.562. The average molecular weight is 329 g/mol. The van der Waals surface area contributed by atoms with Crippen LogP contribution in [0, 0.1) is 6.92 Å². The van der Waals surface area contributed by atoms with E-state index in [4.69, 9.17) is 9.47 Å². The van der Waals surface area contributed by atoms with Gasteiger partial charge in [-0.3, -0.25) is 4.79 Å². The second kappa shape index (κ2) is 8.98. The summed E-state index contributed by atoms with van der Waals surface area (Å²) in [6.45, 7) is 6.36. The van der Waals surface area contributed by atoms with Gasteiger partial charge in [0.15, 0.2) is 0 Å². The van der Waals surface area contributed by atoms with Gasteiger partial charge < -0.3 is 19.7 Å². The molecule has 5 nitrogen and oxygen atoms in total. The van der Waals surface area contributed by atoms with Crippen molar-refractivity contribution in [2.75, 3.05) is 33.4 Å². The highest BCUT2D eigenvalue weighted by Crippen LogP contribution is 2.12. The molecule has 1 aliphatic rings. The molecule has 1 heterocycles. The quantitative estimate of drug-likeness (QED) is 0.892. The summed E-state index contributed by atoms with van der Waals surface area (Å²) in [6.07, 6.45) is -0.0913. The van der Waals surface area contributed by atoms with E-state index < -0.39 is 0 Å². The molecule has 1 amide bonds. The maximum absolute atomic E-state index is 12.3. The molecule has 0 aromatic heterocycles. The van der Waals surface area contributed by atoms with Gasteiger partial charge in [-0.05, 0) is 31.5 Å². The van der Waals surface area contributed by atoms with Crippen molar-refractivity contribution in [3.63, 3.8) is 0 Å². The number of rotatable bonds is 5. The molecule has 124 valence electrons.